The van der Waals surface area contributed by atoms with Crippen LogP contribution >= 0.6 is 0 Å². The van der Waals surface area contributed by atoms with Crippen molar-refractivity contribution >= 4 is 11.7 Å². The van der Waals surface area contributed by atoms with E-state index >= 15 is 0 Å². The van der Waals surface area contributed by atoms with Gasteiger partial charge in [0.05, 0.1) is 11.8 Å². The van der Waals surface area contributed by atoms with Gasteiger partial charge in [0.15, 0.2) is 0 Å². The Morgan fingerprint density at radius 3 is 2.48 bits per heavy atom. The molecule has 2 amide bonds. The number of rotatable bonds is 2. The summed E-state index contributed by atoms with van der Waals surface area (Å²) in [6.45, 7) is 0. The maximum Gasteiger partial charge on any atom is 0.335 e. The Kier molecular flexibility index (Phi) is 3.31. The van der Waals surface area contributed by atoms with Gasteiger partial charge >= 0.3 is 6.03 Å². The van der Waals surface area contributed by atoms with E-state index in [1.54, 1.807) is 18.2 Å². The van der Waals surface area contributed by atoms with Crippen LogP contribution in [0.5, 0.6) is 5.75 Å². The largest absolute Gasteiger partial charge is 0.507 e. The van der Waals surface area contributed by atoms with Crippen molar-refractivity contribution in [2.24, 2.45) is 10.8 Å². The minimum Gasteiger partial charge on any atom is -0.507 e. The molecule has 5 nitrogen and oxygen atoms in total. The summed E-state index contributed by atoms with van der Waals surface area (Å²) in [5.41, 5.74) is 7.67. The van der Waals surface area contributed by atoms with Crippen molar-refractivity contribution in [1.82, 2.24) is 5.01 Å². The predicted molar refractivity (Wildman–Crippen MR) is 79.9 cm³/mol. The van der Waals surface area contributed by atoms with E-state index in [1.165, 1.54) is 5.01 Å². The van der Waals surface area contributed by atoms with Gasteiger partial charge < -0.3 is 10.8 Å². The fourth-order valence-corrected chi connectivity index (χ4v) is 2.53. The molecule has 1 atom stereocenters. The van der Waals surface area contributed by atoms with Gasteiger partial charge in [-0.05, 0) is 17.7 Å². The summed E-state index contributed by atoms with van der Waals surface area (Å²) in [4.78, 5) is 11.6. The van der Waals surface area contributed by atoms with Gasteiger partial charge in [-0.2, -0.15) is 5.10 Å². The summed E-state index contributed by atoms with van der Waals surface area (Å²) in [6, 6.07) is 15.7. The van der Waals surface area contributed by atoms with Crippen LogP contribution in [0.4, 0.5) is 4.79 Å². The second-order valence-electron chi connectivity index (χ2n) is 4.88. The molecule has 0 radical (unpaired) electrons. The lowest BCUT2D eigenvalue weighted by atomic mass is 9.98. The van der Waals surface area contributed by atoms with Crippen molar-refractivity contribution in [3.63, 3.8) is 0 Å². The average molecular weight is 281 g/mol. The number of hydrazone groups is 1. The standard InChI is InChI=1S/C16H15N3O2/c17-16(21)19-14(11-6-2-1-3-7-11)10-13(18-19)12-8-4-5-9-15(12)20/h1-9,14,20H,10H2,(H2,17,21)/t14-/m1/s1. The summed E-state index contributed by atoms with van der Waals surface area (Å²) in [5.74, 6) is 0.148. The highest BCUT2D eigenvalue weighted by molar-refractivity contribution is 6.04. The SMILES string of the molecule is NC(=O)N1N=C(c2ccccc2O)C[C@@H]1c1ccccc1. The van der Waals surface area contributed by atoms with E-state index in [1.807, 2.05) is 36.4 Å². The number of phenols is 1. The lowest BCUT2D eigenvalue weighted by Crippen LogP contribution is -2.31. The Morgan fingerprint density at radius 1 is 1.14 bits per heavy atom. The number of aromatic hydroxyl groups is 1. The molecule has 0 saturated heterocycles. The molecule has 1 aliphatic rings. The van der Waals surface area contributed by atoms with Gasteiger partial charge in [-0.3, -0.25) is 0 Å². The number of carbonyl (C=O) groups excluding carboxylic acids is 1. The fourth-order valence-electron chi connectivity index (χ4n) is 2.53. The van der Waals surface area contributed by atoms with Crippen LogP contribution in [0.25, 0.3) is 0 Å². The first-order valence-electron chi connectivity index (χ1n) is 6.66. The number of carbonyl (C=O) groups is 1. The molecule has 3 N–H and O–H groups in total. The molecule has 2 aromatic rings. The molecule has 0 spiro atoms. The zero-order chi connectivity index (χ0) is 14.8. The van der Waals surface area contributed by atoms with Crippen LogP contribution in [0.1, 0.15) is 23.6 Å². The summed E-state index contributed by atoms with van der Waals surface area (Å²) < 4.78 is 0. The molecule has 0 fully saturated rings. The third-order valence-corrected chi connectivity index (χ3v) is 3.54. The highest BCUT2D eigenvalue weighted by Crippen LogP contribution is 2.34. The summed E-state index contributed by atoms with van der Waals surface area (Å²) in [5, 5.41) is 15.5. The van der Waals surface area contributed by atoms with Crippen molar-refractivity contribution in [2.45, 2.75) is 12.5 Å². The van der Waals surface area contributed by atoms with E-state index in [4.69, 9.17) is 5.73 Å². The fraction of sp³-hybridized carbons (Fsp3) is 0.125. The normalized spacial score (nSPS) is 17.6. The van der Waals surface area contributed by atoms with Crippen LogP contribution in [-0.4, -0.2) is 21.9 Å². The van der Waals surface area contributed by atoms with Crippen molar-refractivity contribution in [3.8, 4) is 5.75 Å². The lowest BCUT2D eigenvalue weighted by molar-refractivity contribution is 0.196. The van der Waals surface area contributed by atoms with E-state index in [0.29, 0.717) is 17.7 Å². The number of urea groups is 1. The number of hydrogen-bond acceptors (Lipinski definition) is 3. The second kappa shape index (κ2) is 5.28. The minimum atomic E-state index is -0.603. The van der Waals surface area contributed by atoms with Gasteiger partial charge in [0.25, 0.3) is 0 Å². The van der Waals surface area contributed by atoms with Crippen LogP contribution < -0.4 is 5.73 Å². The molecule has 3 rings (SSSR count). The molecule has 0 unspecified atom stereocenters. The number of phenolic OH excluding ortho intramolecular Hbond substituents is 1. The third-order valence-electron chi connectivity index (χ3n) is 3.54. The van der Waals surface area contributed by atoms with Crippen molar-refractivity contribution in [1.29, 1.82) is 0 Å². The van der Waals surface area contributed by atoms with E-state index in [0.717, 1.165) is 5.56 Å². The molecule has 0 aliphatic carbocycles. The molecule has 1 aliphatic heterocycles. The number of amides is 2. The van der Waals surface area contributed by atoms with Gasteiger partial charge in [-0.1, -0.05) is 42.5 Å². The van der Waals surface area contributed by atoms with Crippen LogP contribution in [0.3, 0.4) is 0 Å². The average Bonchev–Trinajstić information content (AvgIpc) is 2.94. The second-order valence-corrected chi connectivity index (χ2v) is 4.88. The van der Waals surface area contributed by atoms with Gasteiger partial charge in [0, 0.05) is 12.0 Å². The maximum absolute atomic E-state index is 11.6. The van der Waals surface area contributed by atoms with Crippen molar-refractivity contribution < 1.29 is 9.90 Å². The topological polar surface area (TPSA) is 78.9 Å². The first kappa shape index (κ1) is 13.2. The molecule has 0 aromatic heterocycles. The molecular weight excluding hydrogens is 266 g/mol. The van der Waals surface area contributed by atoms with Gasteiger partial charge in [0.2, 0.25) is 0 Å². The molecule has 21 heavy (non-hydrogen) atoms. The quantitative estimate of drug-likeness (QED) is 0.887. The predicted octanol–water partition coefficient (Wildman–Crippen LogP) is 2.62. The van der Waals surface area contributed by atoms with E-state index < -0.39 is 6.03 Å². The molecule has 106 valence electrons. The van der Waals surface area contributed by atoms with E-state index in [9.17, 15) is 9.90 Å². The molecule has 1 heterocycles. The zero-order valence-electron chi connectivity index (χ0n) is 11.3. The Morgan fingerprint density at radius 2 is 1.81 bits per heavy atom. The summed E-state index contributed by atoms with van der Waals surface area (Å²) >= 11 is 0. The number of primary amides is 1. The van der Waals surface area contributed by atoms with Gasteiger partial charge in [0.1, 0.15) is 5.75 Å². The van der Waals surface area contributed by atoms with Crippen molar-refractivity contribution in [3.05, 3.63) is 65.7 Å². The van der Waals surface area contributed by atoms with Crippen LogP contribution in [0, 0.1) is 0 Å². The maximum atomic E-state index is 11.6. The lowest BCUT2D eigenvalue weighted by Gasteiger charge is -2.19. The third kappa shape index (κ3) is 2.45. The highest BCUT2D eigenvalue weighted by Gasteiger charge is 2.32. The van der Waals surface area contributed by atoms with Gasteiger partial charge in [-0.25, -0.2) is 9.80 Å². The molecule has 0 bridgehead atoms. The number of nitrogens with two attached hydrogens (primary N) is 1. The van der Waals surface area contributed by atoms with Crippen LogP contribution in [-0.2, 0) is 0 Å². The molecule has 5 heteroatoms. The molecular formula is C16H15N3O2. The zero-order valence-corrected chi connectivity index (χ0v) is 11.3. The Hall–Kier alpha value is -2.82. The highest BCUT2D eigenvalue weighted by atomic mass is 16.3. The van der Waals surface area contributed by atoms with E-state index in [2.05, 4.69) is 5.10 Å². The number of nitrogens with zero attached hydrogens (tertiary/aromatic N) is 2. The Balaban J connectivity index is 1.98. The monoisotopic (exact) mass is 281 g/mol. The number of para-hydroxylation sites is 1. The molecule has 2 aromatic carbocycles. The Labute approximate surface area is 122 Å². The smallest absolute Gasteiger partial charge is 0.335 e. The summed E-state index contributed by atoms with van der Waals surface area (Å²) in [6.07, 6.45) is 0.518. The first-order valence-corrected chi connectivity index (χ1v) is 6.66. The van der Waals surface area contributed by atoms with Crippen LogP contribution in [0.2, 0.25) is 0 Å². The summed E-state index contributed by atoms with van der Waals surface area (Å²) in [7, 11) is 0. The van der Waals surface area contributed by atoms with E-state index in [-0.39, 0.29) is 11.8 Å². The van der Waals surface area contributed by atoms with Crippen molar-refractivity contribution in [2.75, 3.05) is 0 Å². The van der Waals surface area contributed by atoms with Crippen LogP contribution in [0.15, 0.2) is 59.7 Å². The number of hydrogen-bond donors (Lipinski definition) is 2. The minimum absolute atomic E-state index is 0.148. The Bertz CT molecular complexity index is 698. The van der Waals surface area contributed by atoms with Gasteiger partial charge in [-0.15, -0.1) is 0 Å². The first-order chi connectivity index (χ1) is 10.2. The molecule has 0 saturated carbocycles. The number of benzene rings is 2.